The van der Waals surface area contributed by atoms with Crippen LogP contribution in [-0.2, 0) is 6.18 Å². The van der Waals surface area contributed by atoms with Crippen LogP contribution in [0.3, 0.4) is 0 Å². The molecular formula is C18H16F3N7O. The Hall–Kier alpha value is -3.50. The zero-order valence-electron chi connectivity index (χ0n) is 15.1. The summed E-state index contributed by atoms with van der Waals surface area (Å²) in [7, 11) is 0. The Morgan fingerprint density at radius 3 is 2.31 bits per heavy atom. The molecule has 1 saturated heterocycles. The zero-order chi connectivity index (χ0) is 20.4. The number of nitrogens with zero attached hydrogens (tertiary/aromatic N) is 7. The number of rotatable bonds is 3. The number of aromatic nitrogens is 5. The van der Waals surface area contributed by atoms with E-state index < -0.39 is 11.7 Å². The number of tetrazole rings is 1. The van der Waals surface area contributed by atoms with Crippen LogP contribution in [-0.4, -0.2) is 62.2 Å². The monoisotopic (exact) mass is 403 g/mol. The fourth-order valence-electron chi connectivity index (χ4n) is 3.01. The molecule has 1 aliphatic rings. The van der Waals surface area contributed by atoms with Crippen molar-refractivity contribution in [1.29, 1.82) is 0 Å². The Kier molecular flexibility index (Phi) is 4.87. The topological polar surface area (TPSA) is 80.0 Å². The summed E-state index contributed by atoms with van der Waals surface area (Å²) in [5.41, 5.74) is -0.493. The van der Waals surface area contributed by atoms with Gasteiger partial charge in [0.1, 0.15) is 5.82 Å². The minimum Gasteiger partial charge on any atom is -0.353 e. The molecule has 2 aromatic heterocycles. The smallest absolute Gasteiger partial charge is 0.353 e. The fourth-order valence-corrected chi connectivity index (χ4v) is 3.01. The average Bonchev–Trinajstić information content (AvgIpc) is 3.24. The summed E-state index contributed by atoms with van der Waals surface area (Å²) in [5, 5.41) is 11.6. The van der Waals surface area contributed by atoms with Gasteiger partial charge in [0.25, 0.3) is 11.7 Å². The number of carbonyl (C=O) groups excluding carboxylic acids is 1. The van der Waals surface area contributed by atoms with Crippen molar-refractivity contribution >= 4 is 11.7 Å². The number of amides is 1. The van der Waals surface area contributed by atoms with E-state index in [9.17, 15) is 18.0 Å². The Morgan fingerprint density at radius 1 is 0.966 bits per heavy atom. The van der Waals surface area contributed by atoms with Gasteiger partial charge in [-0.3, -0.25) is 4.79 Å². The second kappa shape index (κ2) is 7.49. The molecule has 150 valence electrons. The maximum absolute atomic E-state index is 12.7. The van der Waals surface area contributed by atoms with Crippen molar-refractivity contribution in [3.05, 3.63) is 60.0 Å². The number of carbonyl (C=O) groups is 1. The van der Waals surface area contributed by atoms with Crippen LogP contribution in [0.2, 0.25) is 0 Å². The van der Waals surface area contributed by atoms with Crippen molar-refractivity contribution in [2.45, 2.75) is 6.18 Å². The molecule has 0 atom stereocenters. The molecule has 8 nitrogen and oxygen atoms in total. The lowest BCUT2D eigenvalue weighted by Crippen LogP contribution is -2.49. The van der Waals surface area contributed by atoms with Gasteiger partial charge < -0.3 is 9.80 Å². The summed E-state index contributed by atoms with van der Waals surface area (Å²) in [6.45, 7) is 2.19. The molecule has 0 unspecified atom stereocenters. The molecule has 11 heteroatoms. The lowest BCUT2D eigenvalue weighted by molar-refractivity contribution is -0.137. The highest BCUT2D eigenvalue weighted by Gasteiger charge is 2.30. The Bertz CT molecular complexity index is 981. The van der Waals surface area contributed by atoms with Gasteiger partial charge in [0.05, 0.1) is 11.3 Å². The lowest BCUT2D eigenvalue weighted by Gasteiger charge is -2.34. The molecule has 1 aliphatic heterocycles. The largest absolute Gasteiger partial charge is 0.416 e. The summed E-state index contributed by atoms with van der Waals surface area (Å²) in [6.07, 6.45) is -2.71. The van der Waals surface area contributed by atoms with Crippen LogP contribution in [0.15, 0.2) is 48.7 Å². The normalized spacial score (nSPS) is 14.9. The summed E-state index contributed by atoms with van der Waals surface area (Å²) in [6, 6.07) is 9.97. The molecule has 3 heterocycles. The number of alkyl halides is 3. The fraction of sp³-hybridized carbons (Fsp3) is 0.278. The number of hydrogen-bond donors (Lipinski definition) is 0. The Labute approximate surface area is 163 Å². The molecule has 0 saturated carbocycles. The molecule has 0 spiro atoms. The van der Waals surface area contributed by atoms with Gasteiger partial charge in [0, 0.05) is 32.4 Å². The molecule has 29 heavy (non-hydrogen) atoms. The van der Waals surface area contributed by atoms with Crippen molar-refractivity contribution in [3.63, 3.8) is 0 Å². The van der Waals surface area contributed by atoms with Crippen LogP contribution in [0.1, 0.15) is 16.2 Å². The number of piperazine rings is 1. The van der Waals surface area contributed by atoms with E-state index in [-0.39, 0.29) is 17.4 Å². The van der Waals surface area contributed by atoms with E-state index in [1.165, 1.54) is 12.1 Å². The predicted molar refractivity (Wildman–Crippen MR) is 96.5 cm³/mol. The molecule has 0 N–H and O–H groups in total. The van der Waals surface area contributed by atoms with E-state index in [2.05, 4.69) is 25.3 Å². The Balaban J connectivity index is 1.41. The molecule has 0 aliphatic carbocycles. The van der Waals surface area contributed by atoms with Crippen LogP contribution in [0.4, 0.5) is 19.0 Å². The second-order valence-electron chi connectivity index (χ2n) is 6.41. The van der Waals surface area contributed by atoms with Gasteiger partial charge in [-0.15, -0.1) is 15.0 Å². The third kappa shape index (κ3) is 4.03. The number of anilines is 1. The van der Waals surface area contributed by atoms with E-state index in [1.54, 1.807) is 11.1 Å². The standard InChI is InChI=1S/C18H16F3N7O/c19-18(20,21)13-4-6-14(7-5-13)28-24-16(23-25-28)17(29)27-11-9-26(10-12-27)15-3-1-2-8-22-15/h1-8H,9-12H2. The first-order chi connectivity index (χ1) is 13.9. The first-order valence-corrected chi connectivity index (χ1v) is 8.85. The molecule has 1 aromatic carbocycles. The lowest BCUT2D eigenvalue weighted by atomic mass is 10.2. The molecule has 4 rings (SSSR count). The van der Waals surface area contributed by atoms with E-state index in [0.29, 0.717) is 26.2 Å². The SMILES string of the molecule is O=C(c1nnn(-c2ccc(C(F)(F)F)cc2)n1)N1CCN(c2ccccn2)CC1. The summed E-state index contributed by atoms with van der Waals surface area (Å²) in [4.78, 5) is 21.7. The van der Waals surface area contributed by atoms with Gasteiger partial charge in [-0.05, 0) is 41.6 Å². The van der Waals surface area contributed by atoms with Crippen molar-refractivity contribution < 1.29 is 18.0 Å². The minimum absolute atomic E-state index is 0.101. The molecule has 0 bridgehead atoms. The predicted octanol–water partition coefficient (Wildman–Crippen LogP) is 2.04. The third-order valence-corrected chi connectivity index (χ3v) is 4.57. The molecule has 3 aromatic rings. The highest BCUT2D eigenvalue weighted by molar-refractivity contribution is 5.90. The van der Waals surface area contributed by atoms with E-state index in [4.69, 9.17) is 0 Å². The van der Waals surface area contributed by atoms with Gasteiger partial charge in [-0.25, -0.2) is 4.98 Å². The van der Waals surface area contributed by atoms with Gasteiger partial charge in [-0.1, -0.05) is 6.07 Å². The first kappa shape index (κ1) is 18.8. The number of pyridine rings is 1. The summed E-state index contributed by atoms with van der Waals surface area (Å²) >= 11 is 0. The van der Waals surface area contributed by atoms with Crippen LogP contribution in [0.25, 0.3) is 5.69 Å². The van der Waals surface area contributed by atoms with Crippen molar-refractivity contribution in [2.24, 2.45) is 0 Å². The summed E-state index contributed by atoms with van der Waals surface area (Å²) in [5.74, 6) is 0.381. The quantitative estimate of drug-likeness (QED) is 0.666. The first-order valence-electron chi connectivity index (χ1n) is 8.85. The van der Waals surface area contributed by atoms with Gasteiger partial charge in [0.2, 0.25) is 0 Å². The van der Waals surface area contributed by atoms with E-state index >= 15 is 0 Å². The maximum Gasteiger partial charge on any atom is 0.416 e. The van der Waals surface area contributed by atoms with Gasteiger partial charge in [0.15, 0.2) is 0 Å². The molecule has 0 radical (unpaired) electrons. The van der Waals surface area contributed by atoms with E-state index in [0.717, 1.165) is 22.7 Å². The number of halogens is 3. The number of hydrogen-bond acceptors (Lipinski definition) is 6. The van der Waals surface area contributed by atoms with Crippen LogP contribution < -0.4 is 4.90 Å². The minimum atomic E-state index is -4.42. The highest BCUT2D eigenvalue weighted by atomic mass is 19.4. The van der Waals surface area contributed by atoms with Crippen molar-refractivity contribution in [3.8, 4) is 5.69 Å². The van der Waals surface area contributed by atoms with E-state index in [1.807, 2.05) is 18.2 Å². The molecule has 1 fully saturated rings. The van der Waals surface area contributed by atoms with Crippen LogP contribution in [0.5, 0.6) is 0 Å². The highest BCUT2D eigenvalue weighted by Crippen LogP contribution is 2.29. The molecular weight excluding hydrogens is 387 g/mol. The van der Waals surface area contributed by atoms with Crippen molar-refractivity contribution in [1.82, 2.24) is 30.1 Å². The van der Waals surface area contributed by atoms with Crippen LogP contribution >= 0.6 is 0 Å². The summed E-state index contributed by atoms with van der Waals surface area (Å²) < 4.78 is 38.0. The molecule has 1 amide bonds. The van der Waals surface area contributed by atoms with Crippen LogP contribution in [0, 0.1) is 0 Å². The van der Waals surface area contributed by atoms with Gasteiger partial charge >= 0.3 is 6.18 Å². The Morgan fingerprint density at radius 2 is 1.69 bits per heavy atom. The zero-order valence-corrected chi connectivity index (χ0v) is 15.1. The third-order valence-electron chi connectivity index (χ3n) is 4.57. The average molecular weight is 403 g/mol. The second-order valence-corrected chi connectivity index (χ2v) is 6.41. The maximum atomic E-state index is 12.7. The number of benzene rings is 1. The van der Waals surface area contributed by atoms with Gasteiger partial charge in [-0.2, -0.15) is 13.2 Å². The van der Waals surface area contributed by atoms with Crippen molar-refractivity contribution in [2.75, 3.05) is 31.1 Å².